The number of halogens is 2. The molecule has 4 heteroatoms. The first-order chi connectivity index (χ1) is 18.0. The van der Waals surface area contributed by atoms with Gasteiger partial charge in [0.25, 0.3) is 0 Å². The van der Waals surface area contributed by atoms with Gasteiger partial charge < -0.3 is 4.74 Å². The highest BCUT2D eigenvalue weighted by Gasteiger charge is 2.59. The zero-order chi connectivity index (χ0) is 27.2. The van der Waals surface area contributed by atoms with Gasteiger partial charge in [0.2, 0.25) is 0 Å². The normalized spacial score (nSPS) is 37.2. The van der Waals surface area contributed by atoms with Crippen molar-refractivity contribution < 1.29 is 9.53 Å². The van der Waals surface area contributed by atoms with Gasteiger partial charge in [-0.3, -0.25) is 0 Å². The summed E-state index contributed by atoms with van der Waals surface area (Å²) < 4.78 is 5.99. The largest absolute Gasteiger partial charge is 0.458 e. The first-order valence-electron chi connectivity index (χ1n) is 15.4. The van der Waals surface area contributed by atoms with Crippen molar-refractivity contribution in [3.8, 4) is 0 Å². The lowest BCUT2D eigenvalue weighted by Crippen LogP contribution is -2.51. The maximum absolute atomic E-state index is 12.9. The van der Waals surface area contributed by atoms with E-state index in [1.54, 1.807) is 23.8 Å². The highest BCUT2D eigenvalue weighted by molar-refractivity contribution is 6.36. The van der Waals surface area contributed by atoms with E-state index >= 15 is 0 Å². The Morgan fingerprint density at radius 2 is 1.82 bits per heavy atom. The van der Waals surface area contributed by atoms with E-state index in [9.17, 15) is 4.79 Å². The van der Waals surface area contributed by atoms with Crippen molar-refractivity contribution >= 4 is 29.2 Å². The monoisotopic (exact) mass is 558 g/mol. The molecule has 2 nitrogen and oxygen atoms in total. The van der Waals surface area contributed by atoms with Gasteiger partial charge in [0.05, 0.1) is 10.6 Å². The van der Waals surface area contributed by atoms with Crippen molar-refractivity contribution in [3.05, 3.63) is 45.5 Å². The Morgan fingerprint density at radius 1 is 1.03 bits per heavy atom. The number of carbonyl (C=O) groups excluding carboxylic acids is 1. The van der Waals surface area contributed by atoms with Gasteiger partial charge in [-0.15, -0.1) is 0 Å². The number of fused-ring (bicyclic) bond motifs is 5. The quantitative estimate of drug-likeness (QED) is 0.245. The molecule has 0 aromatic heterocycles. The van der Waals surface area contributed by atoms with Gasteiger partial charge in [0.15, 0.2) is 0 Å². The fraction of sp³-hybridized carbons (Fsp3) is 0.735. The van der Waals surface area contributed by atoms with E-state index in [1.807, 2.05) is 0 Å². The maximum Gasteiger partial charge on any atom is 0.339 e. The molecule has 1 aromatic rings. The number of carbonyl (C=O) groups is 1. The molecule has 0 heterocycles. The Hall–Kier alpha value is -0.990. The number of ether oxygens (including phenoxy) is 1. The number of benzene rings is 1. The smallest absolute Gasteiger partial charge is 0.339 e. The van der Waals surface area contributed by atoms with Crippen LogP contribution in [0.4, 0.5) is 0 Å². The molecule has 0 bridgehead atoms. The van der Waals surface area contributed by atoms with Crippen LogP contribution in [0.15, 0.2) is 29.8 Å². The van der Waals surface area contributed by atoms with E-state index in [-0.39, 0.29) is 17.5 Å². The molecule has 4 aliphatic carbocycles. The lowest BCUT2D eigenvalue weighted by atomic mass is 9.47. The van der Waals surface area contributed by atoms with Crippen LogP contribution in [0.25, 0.3) is 0 Å². The molecule has 0 spiro atoms. The number of hydrogen-bond donors (Lipinski definition) is 0. The van der Waals surface area contributed by atoms with Crippen LogP contribution in [-0.4, -0.2) is 12.1 Å². The molecule has 1 aromatic carbocycles. The van der Waals surface area contributed by atoms with Crippen LogP contribution in [0.1, 0.15) is 116 Å². The van der Waals surface area contributed by atoms with Crippen LogP contribution < -0.4 is 0 Å². The van der Waals surface area contributed by atoms with Gasteiger partial charge >= 0.3 is 5.97 Å². The standard InChI is InChI=1S/C34H48Cl2O2/c1-21(2)7-6-8-22(3)28-13-14-29-26-11-9-23-19-25(38-32(37)27-12-10-24(35)20-31(27)36)15-17-33(23,4)30(26)16-18-34(28,29)5/h9-10,12,20-22,25-26,28-30H,6-8,11,13-19H2,1-5H3/t22-,25+,26-,28+,29+,30-,33+,34-/m1/s1. The first kappa shape index (κ1) is 28.5. The van der Waals surface area contributed by atoms with E-state index in [4.69, 9.17) is 27.9 Å². The van der Waals surface area contributed by atoms with Gasteiger partial charge in [0.1, 0.15) is 6.10 Å². The number of rotatable bonds is 7. The molecule has 4 aliphatic rings. The van der Waals surface area contributed by atoms with Crippen molar-refractivity contribution in [3.63, 3.8) is 0 Å². The molecule has 3 saturated carbocycles. The highest BCUT2D eigenvalue weighted by Crippen LogP contribution is 2.67. The van der Waals surface area contributed by atoms with E-state index in [0.717, 1.165) is 54.8 Å². The van der Waals surface area contributed by atoms with Crippen molar-refractivity contribution in [2.24, 2.45) is 46.3 Å². The summed E-state index contributed by atoms with van der Waals surface area (Å²) in [4.78, 5) is 12.9. The zero-order valence-corrected chi connectivity index (χ0v) is 25.7. The fourth-order valence-electron chi connectivity index (χ4n) is 9.62. The van der Waals surface area contributed by atoms with Crippen LogP contribution in [-0.2, 0) is 4.74 Å². The van der Waals surface area contributed by atoms with Crippen LogP contribution in [0, 0.1) is 46.3 Å². The molecule has 0 aliphatic heterocycles. The van der Waals surface area contributed by atoms with E-state index in [0.29, 0.717) is 21.0 Å². The predicted octanol–water partition coefficient (Wildman–Crippen LogP) is 10.6. The lowest BCUT2D eigenvalue weighted by Gasteiger charge is -2.58. The van der Waals surface area contributed by atoms with E-state index in [1.165, 1.54) is 51.4 Å². The summed E-state index contributed by atoms with van der Waals surface area (Å²) >= 11 is 12.3. The minimum absolute atomic E-state index is 0.0680. The molecule has 0 unspecified atom stereocenters. The zero-order valence-electron chi connectivity index (χ0n) is 24.2. The summed E-state index contributed by atoms with van der Waals surface area (Å²) in [6, 6.07) is 4.98. The van der Waals surface area contributed by atoms with Gasteiger partial charge in [-0.2, -0.15) is 0 Å². The van der Waals surface area contributed by atoms with Gasteiger partial charge in [0, 0.05) is 11.4 Å². The lowest BCUT2D eigenvalue weighted by molar-refractivity contribution is -0.0594. The SMILES string of the molecule is CC(C)CCC[C@@H](C)[C@@H]1CC[C@H]2[C@H]3CC=C4C[C@@H](OC(=O)c5ccc(Cl)cc5Cl)CC[C@]4(C)[C@@H]3CC[C@@]21C. The molecule has 8 atom stereocenters. The van der Waals surface area contributed by atoms with Gasteiger partial charge in [-0.1, -0.05) is 88.7 Å². The third-order valence-corrected chi connectivity index (χ3v) is 12.2. The van der Waals surface area contributed by atoms with Crippen LogP contribution in [0.5, 0.6) is 0 Å². The summed E-state index contributed by atoms with van der Waals surface area (Å²) in [5, 5.41) is 0.886. The summed E-state index contributed by atoms with van der Waals surface area (Å²) in [5.74, 6) is 4.71. The molecule has 5 rings (SSSR count). The third-order valence-electron chi connectivity index (χ3n) is 11.7. The highest BCUT2D eigenvalue weighted by atomic mass is 35.5. The summed E-state index contributed by atoms with van der Waals surface area (Å²) in [7, 11) is 0. The van der Waals surface area contributed by atoms with Crippen LogP contribution in [0.3, 0.4) is 0 Å². The van der Waals surface area contributed by atoms with E-state index in [2.05, 4.69) is 40.7 Å². The first-order valence-corrected chi connectivity index (χ1v) is 16.1. The Morgan fingerprint density at radius 3 is 2.55 bits per heavy atom. The Bertz CT molecular complexity index is 1060. The molecule has 38 heavy (non-hydrogen) atoms. The molecule has 210 valence electrons. The maximum atomic E-state index is 12.9. The molecule has 0 N–H and O–H groups in total. The van der Waals surface area contributed by atoms with Crippen molar-refractivity contribution in [2.45, 2.75) is 111 Å². The van der Waals surface area contributed by atoms with Crippen molar-refractivity contribution in [1.29, 1.82) is 0 Å². The minimum atomic E-state index is -0.331. The van der Waals surface area contributed by atoms with Gasteiger partial charge in [-0.05, 0) is 109 Å². The molecular formula is C34H48Cl2O2. The molecular weight excluding hydrogens is 511 g/mol. The second kappa shape index (κ2) is 11.1. The topological polar surface area (TPSA) is 26.3 Å². The second-order valence-electron chi connectivity index (χ2n) is 14.2. The average molecular weight is 560 g/mol. The summed E-state index contributed by atoms with van der Waals surface area (Å²) in [6.07, 6.45) is 16.4. The number of allylic oxidation sites excluding steroid dienone is 1. The number of hydrogen-bond acceptors (Lipinski definition) is 2. The average Bonchev–Trinajstić information content (AvgIpc) is 3.21. The summed E-state index contributed by atoms with van der Waals surface area (Å²) in [5.41, 5.74) is 2.73. The van der Waals surface area contributed by atoms with Crippen LogP contribution in [0.2, 0.25) is 10.0 Å². The third kappa shape index (κ3) is 5.23. The molecule has 0 saturated heterocycles. The van der Waals surface area contributed by atoms with Crippen molar-refractivity contribution in [2.75, 3.05) is 0 Å². The van der Waals surface area contributed by atoms with Gasteiger partial charge in [-0.25, -0.2) is 4.79 Å². The Labute approximate surface area is 241 Å². The predicted molar refractivity (Wildman–Crippen MR) is 159 cm³/mol. The Kier molecular flexibility index (Phi) is 8.35. The molecule has 0 amide bonds. The van der Waals surface area contributed by atoms with Crippen LogP contribution >= 0.6 is 23.2 Å². The molecule has 0 radical (unpaired) electrons. The summed E-state index contributed by atoms with van der Waals surface area (Å²) in [6.45, 7) is 12.5. The fourth-order valence-corrected chi connectivity index (χ4v) is 10.1. The number of esters is 1. The van der Waals surface area contributed by atoms with Crippen molar-refractivity contribution in [1.82, 2.24) is 0 Å². The van der Waals surface area contributed by atoms with E-state index < -0.39 is 0 Å². The molecule has 3 fully saturated rings. The second-order valence-corrected chi connectivity index (χ2v) is 15.0. The Balaban J connectivity index is 1.25. The minimum Gasteiger partial charge on any atom is -0.458 e.